The number of methoxy groups -OCH3 is 1. The predicted molar refractivity (Wildman–Crippen MR) is 166 cm³/mol. The fourth-order valence-electron chi connectivity index (χ4n) is 4.61. The van der Waals surface area contributed by atoms with Crippen molar-refractivity contribution in [3.63, 3.8) is 0 Å². The van der Waals surface area contributed by atoms with Crippen LogP contribution in [0.15, 0.2) is 51.7 Å². The largest absolute Gasteiger partial charge is 0.497 e. The van der Waals surface area contributed by atoms with E-state index >= 15 is 0 Å². The highest BCUT2D eigenvalue weighted by Gasteiger charge is 2.25. The van der Waals surface area contributed by atoms with E-state index in [0.717, 1.165) is 70.4 Å². The summed E-state index contributed by atoms with van der Waals surface area (Å²) in [5.74, 6) is 3.52. The second kappa shape index (κ2) is 12.0. The van der Waals surface area contributed by atoms with Crippen LogP contribution in [0, 0.1) is 0 Å². The van der Waals surface area contributed by atoms with Crippen LogP contribution in [0.4, 0.5) is 29.4 Å². The maximum atomic E-state index is 5.29. The molecule has 6 rings (SSSR count). The van der Waals surface area contributed by atoms with Crippen molar-refractivity contribution in [3.05, 3.63) is 51.7 Å². The maximum absolute atomic E-state index is 5.29. The van der Waals surface area contributed by atoms with E-state index in [2.05, 4.69) is 84.7 Å². The molecule has 13 heteroatoms. The number of aromatic nitrogens is 5. The van der Waals surface area contributed by atoms with Gasteiger partial charge in [0, 0.05) is 65.3 Å². The molecule has 2 aliphatic rings. The van der Waals surface area contributed by atoms with Crippen LogP contribution in [0.25, 0.3) is 10.9 Å². The first kappa shape index (κ1) is 26.8. The van der Waals surface area contributed by atoms with Gasteiger partial charge < -0.3 is 30.5 Å². The summed E-state index contributed by atoms with van der Waals surface area (Å²) in [7, 11) is 1.69. The molecule has 3 heterocycles. The number of hydrogen-bond acceptors (Lipinski definition) is 11. The lowest BCUT2D eigenvalue weighted by atomic mass is 10.2. The van der Waals surface area contributed by atoms with Crippen LogP contribution in [0.3, 0.4) is 0 Å². The van der Waals surface area contributed by atoms with E-state index in [9.17, 15) is 0 Å². The van der Waals surface area contributed by atoms with E-state index in [1.54, 1.807) is 13.4 Å². The average molecular weight is 670 g/mol. The van der Waals surface area contributed by atoms with Gasteiger partial charge in [-0.3, -0.25) is 0 Å². The van der Waals surface area contributed by atoms with Crippen molar-refractivity contribution in [2.75, 3.05) is 72.1 Å². The Morgan fingerprint density at radius 2 is 1.60 bits per heavy atom. The number of nitrogens with zero attached hydrogens (tertiary/aromatic N) is 7. The molecule has 2 aromatic carbocycles. The minimum atomic E-state index is 0.446. The molecule has 0 radical (unpaired) electrons. The van der Waals surface area contributed by atoms with Crippen molar-refractivity contribution >= 4 is 72.1 Å². The summed E-state index contributed by atoms with van der Waals surface area (Å²) in [6, 6.07) is 12.6. The molecule has 1 saturated carbocycles. The summed E-state index contributed by atoms with van der Waals surface area (Å²) in [6.45, 7) is 4.66. The normalized spacial score (nSPS) is 15.3. The standard InChI is InChI=1S/C27H30Br2N10O/c1-40-20-6-4-19(5-7-20)38-10-12-39(13-11-38)27-36-25(35-26(37-27)34-18-2-3-18)31-9-8-30-24-21-14-17(28)15-22(29)23(21)32-16-33-24/h4-7,14-16,18H,2-3,8-13H2,1H3,(H,30,32,33)(H2,31,34,35,36,37). The lowest BCUT2D eigenvalue weighted by molar-refractivity contribution is 0.415. The molecule has 3 N–H and O–H groups in total. The summed E-state index contributed by atoms with van der Waals surface area (Å²) < 4.78 is 7.17. The van der Waals surface area contributed by atoms with Gasteiger partial charge in [-0.25, -0.2) is 9.97 Å². The number of benzene rings is 2. The van der Waals surface area contributed by atoms with E-state index < -0.39 is 0 Å². The number of anilines is 5. The van der Waals surface area contributed by atoms with Crippen LogP contribution in [-0.2, 0) is 0 Å². The highest BCUT2D eigenvalue weighted by molar-refractivity contribution is 9.11. The Bertz CT molecular complexity index is 1480. The van der Waals surface area contributed by atoms with Crippen molar-refractivity contribution in [1.82, 2.24) is 24.9 Å². The van der Waals surface area contributed by atoms with Crippen LogP contribution in [0.5, 0.6) is 5.75 Å². The van der Waals surface area contributed by atoms with Crippen LogP contribution in [0.1, 0.15) is 12.8 Å². The Kier molecular flexibility index (Phi) is 8.00. The Morgan fingerprint density at radius 3 is 2.35 bits per heavy atom. The first-order chi connectivity index (χ1) is 19.6. The van der Waals surface area contributed by atoms with Crippen LogP contribution in [0.2, 0.25) is 0 Å². The first-order valence-electron chi connectivity index (χ1n) is 13.3. The van der Waals surface area contributed by atoms with Gasteiger partial charge in [0.2, 0.25) is 17.8 Å². The summed E-state index contributed by atoms with van der Waals surface area (Å²) in [4.78, 5) is 27.6. The van der Waals surface area contributed by atoms with Gasteiger partial charge in [0.1, 0.15) is 17.9 Å². The predicted octanol–water partition coefficient (Wildman–Crippen LogP) is 4.77. The lowest BCUT2D eigenvalue weighted by Crippen LogP contribution is -2.47. The fraction of sp³-hybridized carbons (Fsp3) is 0.370. The van der Waals surface area contributed by atoms with Crippen LogP contribution < -0.4 is 30.5 Å². The highest BCUT2D eigenvalue weighted by Crippen LogP contribution is 2.30. The minimum Gasteiger partial charge on any atom is -0.497 e. The molecule has 4 aromatic rings. The third-order valence-electron chi connectivity index (χ3n) is 6.89. The van der Waals surface area contributed by atoms with Gasteiger partial charge in [-0.15, -0.1) is 0 Å². The Balaban J connectivity index is 1.10. The van der Waals surface area contributed by atoms with E-state index in [-0.39, 0.29) is 0 Å². The van der Waals surface area contributed by atoms with Gasteiger partial charge in [-0.1, -0.05) is 15.9 Å². The number of fused-ring (bicyclic) bond motifs is 1. The number of ether oxygens (including phenoxy) is 1. The molecule has 2 aromatic heterocycles. The number of nitrogens with one attached hydrogen (secondary N) is 3. The maximum Gasteiger partial charge on any atom is 0.232 e. The topological polar surface area (TPSA) is 116 Å². The fourth-order valence-corrected chi connectivity index (χ4v) is 5.93. The molecule has 0 spiro atoms. The summed E-state index contributed by atoms with van der Waals surface area (Å²) in [5, 5.41) is 11.2. The van der Waals surface area contributed by atoms with E-state index in [1.807, 2.05) is 24.3 Å². The lowest BCUT2D eigenvalue weighted by Gasteiger charge is -2.36. The monoisotopic (exact) mass is 668 g/mol. The minimum absolute atomic E-state index is 0.446. The SMILES string of the molecule is COc1ccc(N2CCN(c3nc(NCCNc4ncnc5c(Br)cc(Br)cc45)nc(NC4CC4)n3)CC2)cc1. The molecular formula is C27H30Br2N10O. The molecule has 2 fully saturated rings. The third kappa shape index (κ3) is 6.30. The summed E-state index contributed by atoms with van der Waals surface area (Å²) in [5.41, 5.74) is 2.05. The molecule has 40 heavy (non-hydrogen) atoms. The Labute approximate surface area is 249 Å². The zero-order chi connectivity index (χ0) is 27.5. The van der Waals surface area contributed by atoms with Crippen molar-refractivity contribution in [3.8, 4) is 5.75 Å². The Hall–Kier alpha value is -3.45. The smallest absolute Gasteiger partial charge is 0.232 e. The zero-order valence-corrected chi connectivity index (χ0v) is 25.2. The molecular weight excluding hydrogens is 640 g/mol. The van der Waals surface area contributed by atoms with Gasteiger partial charge >= 0.3 is 0 Å². The van der Waals surface area contributed by atoms with E-state index in [4.69, 9.17) is 14.7 Å². The van der Waals surface area contributed by atoms with Gasteiger partial charge in [0.05, 0.1) is 12.6 Å². The van der Waals surface area contributed by atoms with Crippen molar-refractivity contribution in [2.24, 2.45) is 0 Å². The highest BCUT2D eigenvalue weighted by atomic mass is 79.9. The average Bonchev–Trinajstić information content (AvgIpc) is 3.79. The molecule has 1 saturated heterocycles. The molecule has 1 aliphatic heterocycles. The summed E-state index contributed by atoms with van der Waals surface area (Å²) in [6.07, 6.45) is 3.86. The van der Waals surface area contributed by atoms with Crippen molar-refractivity contribution in [2.45, 2.75) is 18.9 Å². The number of piperazine rings is 1. The van der Waals surface area contributed by atoms with Crippen LogP contribution >= 0.6 is 31.9 Å². The zero-order valence-electron chi connectivity index (χ0n) is 22.1. The van der Waals surface area contributed by atoms with E-state index in [1.165, 1.54) is 5.69 Å². The molecule has 1 aliphatic carbocycles. The van der Waals surface area contributed by atoms with Crippen LogP contribution in [-0.4, -0.2) is 77.3 Å². The number of halogens is 2. The molecule has 0 bridgehead atoms. The summed E-state index contributed by atoms with van der Waals surface area (Å²) >= 11 is 7.13. The van der Waals surface area contributed by atoms with Gasteiger partial charge in [-0.2, -0.15) is 15.0 Å². The third-order valence-corrected chi connectivity index (χ3v) is 7.95. The molecule has 11 nitrogen and oxygen atoms in total. The molecule has 0 amide bonds. The van der Waals surface area contributed by atoms with Crippen molar-refractivity contribution in [1.29, 1.82) is 0 Å². The number of rotatable bonds is 10. The quantitative estimate of drug-likeness (QED) is 0.203. The Morgan fingerprint density at radius 1 is 0.875 bits per heavy atom. The first-order valence-corrected chi connectivity index (χ1v) is 14.9. The van der Waals surface area contributed by atoms with Gasteiger partial charge in [0.25, 0.3) is 0 Å². The second-order valence-electron chi connectivity index (χ2n) is 9.73. The van der Waals surface area contributed by atoms with E-state index in [0.29, 0.717) is 37.0 Å². The van der Waals surface area contributed by atoms with Gasteiger partial charge in [0.15, 0.2) is 0 Å². The molecule has 0 unspecified atom stereocenters. The number of hydrogen-bond donors (Lipinski definition) is 3. The molecule has 208 valence electrons. The van der Waals surface area contributed by atoms with Gasteiger partial charge in [-0.05, 0) is 65.2 Å². The van der Waals surface area contributed by atoms with Crippen molar-refractivity contribution < 1.29 is 4.74 Å². The second-order valence-corrected chi connectivity index (χ2v) is 11.5. The molecule has 0 atom stereocenters.